The van der Waals surface area contributed by atoms with E-state index < -0.39 is 0 Å². The van der Waals surface area contributed by atoms with Crippen LogP contribution in [-0.4, -0.2) is 76.8 Å². The summed E-state index contributed by atoms with van der Waals surface area (Å²) in [5, 5.41) is 20.2. The average molecular weight is 865 g/mol. The molecule has 0 aliphatic rings. The number of para-hydroxylation sites is 2. The molecule has 0 atom stereocenters. The third-order valence-electron chi connectivity index (χ3n) is 11.3. The molecule has 16 nitrogen and oxygen atoms in total. The molecule has 0 radical (unpaired) electrons. The number of H-pyrrole nitrogens is 4. The van der Waals surface area contributed by atoms with Crippen molar-refractivity contribution in [2.24, 2.45) is 0 Å². The van der Waals surface area contributed by atoms with Crippen LogP contribution < -0.4 is 11.1 Å². The number of rotatable bonds is 10. The molecule has 12 rings (SSSR count). The lowest BCUT2D eigenvalue weighted by atomic mass is 10.1. The number of anilines is 1. The zero-order valence-electron chi connectivity index (χ0n) is 35.5. The normalized spacial score (nSPS) is 11.4. The molecule has 12 aromatic rings. The van der Waals surface area contributed by atoms with Crippen molar-refractivity contribution in [1.29, 1.82) is 0 Å². The first-order chi connectivity index (χ1) is 32.6. The Hall–Kier alpha value is -9.02. The number of aromatic nitrogens is 14. The van der Waals surface area contributed by atoms with Crippen molar-refractivity contribution in [3.8, 4) is 67.5 Å². The lowest BCUT2D eigenvalue weighted by Crippen LogP contribution is -2.13. The highest BCUT2D eigenvalue weighted by atomic mass is 15.2. The number of aromatic amines is 4. The van der Waals surface area contributed by atoms with Gasteiger partial charge in [0.2, 0.25) is 0 Å². The molecule has 0 aliphatic heterocycles. The highest BCUT2D eigenvalue weighted by Crippen LogP contribution is 2.34. The molecule has 2 aromatic carbocycles. The number of nitrogen functional groups attached to an aromatic ring is 1. The topological polar surface area (TPSA) is 230 Å². The van der Waals surface area contributed by atoms with Crippen LogP contribution in [0.5, 0.6) is 0 Å². The third-order valence-corrected chi connectivity index (χ3v) is 11.3. The summed E-state index contributed by atoms with van der Waals surface area (Å²) in [6, 6.07) is 28.3. The van der Waals surface area contributed by atoms with Crippen LogP contribution in [0.4, 0.5) is 5.69 Å². The minimum atomic E-state index is 0.603. The van der Waals surface area contributed by atoms with E-state index in [9.17, 15) is 0 Å². The number of hydrogen-bond donors (Lipinski definition) is 6. The lowest BCUT2D eigenvalue weighted by molar-refractivity contribution is 0.674. The van der Waals surface area contributed by atoms with Gasteiger partial charge < -0.3 is 21.0 Å². The fourth-order valence-electron chi connectivity index (χ4n) is 8.07. The standard InChI is InChI=1S/C27H24N8.C23H16N8/c1-2-8-29-13-17-11-19(15-30-14-17)20-12-22-25(34-35-26(22)31-16-20)27-32-23-5-3-4-21(24(23)33-27)18-6-9-28-10-7-18;24-16-8-14(10-26-12-16)15-9-18-21(30-31-22(18)27-11-15)23-28-19-3-1-2-17(20(19)29-23)13-4-6-25-7-5-13/h3-7,9-12,14-16,29H,2,8,13H2,1H3,(H,32,33)(H,31,34,35);1-12H,24H2,(H,28,29)(H,27,30,31). The van der Waals surface area contributed by atoms with E-state index in [2.05, 4.69) is 96.8 Å². The van der Waals surface area contributed by atoms with Gasteiger partial charge in [-0.05, 0) is 90.3 Å². The van der Waals surface area contributed by atoms with Crippen LogP contribution in [0.15, 0.2) is 147 Å². The second kappa shape index (κ2) is 17.3. The molecule has 0 amide bonds. The zero-order valence-corrected chi connectivity index (χ0v) is 35.5. The highest BCUT2D eigenvalue weighted by molar-refractivity contribution is 5.99. The molecule has 66 heavy (non-hydrogen) atoms. The van der Waals surface area contributed by atoms with Gasteiger partial charge in [-0.2, -0.15) is 10.2 Å². The Morgan fingerprint density at radius 2 is 1.05 bits per heavy atom. The maximum absolute atomic E-state index is 5.89. The fourth-order valence-corrected chi connectivity index (χ4v) is 8.07. The molecule has 320 valence electrons. The van der Waals surface area contributed by atoms with Crippen molar-refractivity contribution in [1.82, 2.24) is 75.6 Å². The predicted molar refractivity (Wildman–Crippen MR) is 257 cm³/mol. The molecule has 0 bridgehead atoms. The van der Waals surface area contributed by atoms with E-state index in [0.29, 0.717) is 22.8 Å². The van der Waals surface area contributed by atoms with Crippen molar-refractivity contribution in [3.63, 3.8) is 0 Å². The molecule has 10 heterocycles. The number of nitrogens with two attached hydrogens (primary N) is 1. The quantitative estimate of drug-likeness (QED) is 0.0707. The second-order valence-corrected chi connectivity index (χ2v) is 15.7. The van der Waals surface area contributed by atoms with Gasteiger partial charge in [-0.3, -0.25) is 30.1 Å². The van der Waals surface area contributed by atoms with Gasteiger partial charge in [-0.15, -0.1) is 0 Å². The minimum Gasteiger partial charge on any atom is -0.397 e. The van der Waals surface area contributed by atoms with Crippen molar-refractivity contribution in [2.45, 2.75) is 19.9 Å². The van der Waals surface area contributed by atoms with Gasteiger partial charge in [0.25, 0.3) is 0 Å². The summed E-state index contributed by atoms with van der Waals surface area (Å²) in [5.41, 5.74) is 22.2. The van der Waals surface area contributed by atoms with Gasteiger partial charge in [0.1, 0.15) is 11.4 Å². The van der Waals surface area contributed by atoms with Crippen molar-refractivity contribution < 1.29 is 0 Å². The van der Waals surface area contributed by atoms with E-state index in [0.717, 1.165) is 120 Å². The number of nitrogens with one attached hydrogen (secondary N) is 5. The first kappa shape index (κ1) is 39.8. The van der Waals surface area contributed by atoms with E-state index in [1.807, 2.05) is 79.3 Å². The highest BCUT2D eigenvalue weighted by Gasteiger charge is 2.18. The largest absolute Gasteiger partial charge is 0.397 e. The number of fused-ring (bicyclic) bond motifs is 4. The minimum absolute atomic E-state index is 0.603. The molecule has 0 unspecified atom stereocenters. The second-order valence-electron chi connectivity index (χ2n) is 15.7. The van der Waals surface area contributed by atoms with E-state index in [-0.39, 0.29) is 0 Å². The van der Waals surface area contributed by atoms with Crippen LogP contribution in [0.25, 0.3) is 112 Å². The van der Waals surface area contributed by atoms with E-state index >= 15 is 0 Å². The van der Waals surface area contributed by atoms with Gasteiger partial charge >= 0.3 is 0 Å². The molecule has 0 aliphatic carbocycles. The first-order valence-corrected chi connectivity index (χ1v) is 21.4. The van der Waals surface area contributed by atoms with Crippen molar-refractivity contribution in [2.75, 3.05) is 12.3 Å². The maximum Gasteiger partial charge on any atom is 0.181 e. The van der Waals surface area contributed by atoms with Crippen molar-refractivity contribution in [3.05, 3.63) is 152 Å². The molecular weight excluding hydrogens is 825 g/mol. The molecular formula is C50H40N16. The zero-order chi connectivity index (χ0) is 44.4. The van der Waals surface area contributed by atoms with Gasteiger partial charge in [0, 0.05) is 102 Å². The van der Waals surface area contributed by atoms with Gasteiger partial charge in [-0.25, -0.2) is 19.9 Å². The van der Waals surface area contributed by atoms with E-state index in [1.54, 1.807) is 43.4 Å². The molecule has 16 heteroatoms. The first-order valence-electron chi connectivity index (χ1n) is 21.4. The van der Waals surface area contributed by atoms with Crippen LogP contribution >= 0.6 is 0 Å². The summed E-state index contributed by atoms with van der Waals surface area (Å²) in [6.07, 6.45) is 19.0. The summed E-state index contributed by atoms with van der Waals surface area (Å²) in [4.78, 5) is 42.6. The van der Waals surface area contributed by atoms with Crippen LogP contribution in [0.3, 0.4) is 0 Å². The fraction of sp³-hybridized carbons (Fsp3) is 0.0800. The Bertz CT molecular complexity index is 3650. The molecule has 10 aromatic heterocycles. The number of hydrogen-bond acceptors (Lipinski definition) is 12. The Morgan fingerprint density at radius 1 is 0.530 bits per heavy atom. The summed E-state index contributed by atoms with van der Waals surface area (Å²) in [6.45, 7) is 3.93. The third kappa shape index (κ3) is 7.73. The van der Waals surface area contributed by atoms with Crippen LogP contribution in [0.1, 0.15) is 18.9 Å². The summed E-state index contributed by atoms with van der Waals surface area (Å²) in [7, 11) is 0. The number of benzene rings is 2. The SMILES string of the molecule is CCCNCc1cncc(-c2cnc3n[nH]c(-c4nc5c(-c6ccncc6)cccc5[nH]4)c3c2)c1.Nc1cncc(-c2cnc3n[nH]c(-c4nc5c(-c6ccncc6)cccc5[nH]4)c3c2)c1. The van der Waals surface area contributed by atoms with E-state index in [4.69, 9.17) is 15.7 Å². The predicted octanol–water partition coefficient (Wildman–Crippen LogP) is 9.33. The Balaban J connectivity index is 0.000000147. The number of imidazole rings is 2. The van der Waals surface area contributed by atoms with Gasteiger partial charge in [0.15, 0.2) is 22.9 Å². The van der Waals surface area contributed by atoms with Crippen LogP contribution in [0.2, 0.25) is 0 Å². The van der Waals surface area contributed by atoms with E-state index in [1.165, 1.54) is 0 Å². The Labute approximate surface area is 376 Å². The maximum atomic E-state index is 5.89. The molecule has 0 spiro atoms. The molecule has 0 fully saturated rings. The summed E-state index contributed by atoms with van der Waals surface area (Å²) in [5.74, 6) is 1.42. The molecule has 0 saturated heterocycles. The molecule has 0 saturated carbocycles. The summed E-state index contributed by atoms with van der Waals surface area (Å²) < 4.78 is 0. The molecule has 7 N–H and O–H groups in total. The number of pyridine rings is 6. The Morgan fingerprint density at radius 3 is 1.58 bits per heavy atom. The van der Waals surface area contributed by atoms with Gasteiger partial charge in [-0.1, -0.05) is 31.2 Å². The smallest absolute Gasteiger partial charge is 0.181 e. The number of nitrogens with zero attached hydrogens (tertiary/aromatic N) is 10. The Kier molecular flexibility index (Phi) is 10.4. The average Bonchev–Trinajstić information content (AvgIpc) is 4.19. The summed E-state index contributed by atoms with van der Waals surface area (Å²) >= 11 is 0. The lowest BCUT2D eigenvalue weighted by Gasteiger charge is -2.06. The van der Waals surface area contributed by atoms with Crippen LogP contribution in [-0.2, 0) is 6.54 Å². The monoisotopic (exact) mass is 864 g/mol. The van der Waals surface area contributed by atoms with Crippen molar-refractivity contribution >= 4 is 49.8 Å². The van der Waals surface area contributed by atoms with Crippen LogP contribution in [0, 0.1) is 0 Å². The van der Waals surface area contributed by atoms with Gasteiger partial charge in [0.05, 0.1) is 38.5 Å².